The van der Waals surface area contributed by atoms with E-state index in [0.717, 1.165) is 0 Å². The zero-order chi connectivity index (χ0) is 8.74. The van der Waals surface area contributed by atoms with Crippen molar-refractivity contribution in [2.45, 2.75) is 0 Å². The van der Waals surface area contributed by atoms with E-state index in [4.69, 9.17) is 0 Å². The summed E-state index contributed by atoms with van der Waals surface area (Å²) in [7, 11) is -0.583. The van der Waals surface area contributed by atoms with Gasteiger partial charge in [0.05, 0.1) is 24.7 Å². The Morgan fingerprint density at radius 3 is 2.45 bits per heavy atom. The molecule has 4 nitrogen and oxygen atoms in total. The molecule has 0 aliphatic carbocycles. The molecule has 0 rings (SSSR count). The Morgan fingerprint density at radius 1 is 1.36 bits per heavy atom. The van der Waals surface area contributed by atoms with E-state index in [-0.39, 0.29) is 12.4 Å². The lowest BCUT2D eigenvalue weighted by Gasteiger charge is -1.93. The smallest absolute Gasteiger partial charge is 0.222 e. The van der Waals surface area contributed by atoms with Crippen LogP contribution < -0.4 is 0 Å². The zero-order valence-corrected chi connectivity index (χ0v) is 7.27. The summed E-state index contributed by atoms with van der Waals surface area (Å²) in [6.45, 7) is 0.153. The minimum absolute atomic E-state index is 0.0974. The number of methoxy groups -OCH3 is 2. The second-order valence-corrected chi connectivity index (χ2v) is 3.56. The molecule has 0 N–H and O–H groups in total. The number of hydrogen-bond acceptors (Lipinski definition) is 4. The van der Waals surface area contributed by atoms with Crippen molar-refractivity contribution in [2.75, 3.05) is 26.6 Å². The van der Waals surface area contributed by atoms with Gasteiger partial charge in [0.25, 0.3) is 0 Å². The second kappa shape index (κ2) is 4.99. The Bertz CT molecular complexity index is 243. The minimum Gasteiger partial charge on any atom is -0.449 e. The van der Waals surface area contributed by atoms with Crippen LogP contribution in [0.5, 0.6) is 0 Å². The highest BCUT2D eigenvalue weighted by atomic mass is 32.2. The molecule has 0 heterocycles. The standard InChI is InChI=1S/C6H10O4S/c1-9-3-5-11(7,8)6-4-10-2/h3,5H2,1-2H3. The van der Waals surface area contributed by atoms with E-state index < -0.39 is 9.84 Å². The topological polar surface area (TPSA) is 52.6 Å². The fraction of sp³-hybridized carbons (Fsp3) is 0.667. The molecule has 0 amide bonds. The average molecular weight is 178 g/mol. The van der Waals surface area contributed by atoms with Gasteiger partial charge in [0.2, 0.25) is 9.84 Å². The Labute approximate surface area is 66.4 Å². The summed E-state index contributed by atoms with van der Waals surface area (Å²) in [6.07, 6.45) is 2.00. The van der Waals surface area contributed by atoms with Gasteiger partial charge in [0, 0.05) is 7.11 Å². The number of ether oxygens (including phenoxy) is 2. The molecule has 0 saturated carbocycles. The maximum Gasteiger partial charge on any atom is 0.222 e. The van der Waals surface area contributed by atoms with Crippen LogP contribution in [-0.2, 0) is 19.3 Å². The third-order valence-corrected chi connectivity index (χ3v) is 1.95. The molecule has 0 aromatic rings. The lowest BCUT2D eigenvalue weighted by molar-refractivity contribution is 0.217. The van der Waals surface area contributed by atoms with E-state index in [2.05, 4.69) is 9.47 Å². The van der Waals surface area contributed by atoms with E-state index in [0.29, 0.717) is 0 Å². The molecular weight excluding hydrogens is 168 g/mol. The Balaban J connectivity index is 4.02. The summed E-state index contributed by atoms with van der Waals surface area (Å²) in [5.74, 6) is -0.0974. The Morgan fingerprint density at radius 2 is 2.00 bits per heavy atom. The van der Waals surface area contributed by atoms with E-state index in [1.165, 1.54) is 14.2 Å². The van der Waals surface area contributed by atoms with Crippen LogP contribution >= 0.6 is 0 Å². The quantitative estimate of drug-likeness (QED) is 0.552. The van der Waals surface area contributed by atoms with E-state index in [1.54, 1.807) is 0 Å². The van der Waals surface area contributed by atoms with Crippen molar-refractivity contribution in [1.82, 2.24) is 0 Å². The predicted octanol–water partition coefficient (Wildman–Crippen LogP) is -0.388. The fourth-order valence-corrected chi connectivity index (χ4v) is 1.05. The van der Waals surface area contributed by atoms with Gasteiger partial charge in [-0.1, -0.05) is 0 Å². The maximum absolute atomic E-state index is 10.8. The van der Waals surface area contributed by atoms with E-state index >= 15 is 0 Å². The zero-order valence-electron chi connectivity index (χ0n) is 6.46. The van der Waals surface area contributed by atoms with Gasteiger partial charge in [0.1, 0.15) is 6.11 Å². The molecule has 5 heteroatoms. The Hall–Kier alpha value is -0.730. The predicted molar refractivity (Wildman–Crippen MR) is 40.4 cm³/mol. The van der Waals surface area contributed by atoms with Crippen molar-refractivity contribution in [3.05, 3.63) is 0 Å². The molecule has 0 aliphatic heterocycles. The lowest BCUT2D eigenvalue weighted by atomic mass is 10.9. The van der Waals surface area contributed by atoms with Crippen LogP contribution in [0, 0.1) is 11.4 Å². The molecule has 64 valence electrons. The molecular formula is C6H10O4S. The third-order valence-electron chi connectivity index (χ3n) is 0.855. The van der Waals surface area contributed by atoms with Crippen LogP contribution in [0.2, 0.25) is 0 Å². The second-order valence-electron chi connectivity index (χ2n) is 1.72. The molecule has 0 bridgehead atoms. The van der Waals surface area contributed by atoms with Crippen molar-refractivity contribution >= 4 is 9.84 Å². The van der Waals surface area contributed by atoms with Crippen molar-refractivity contribution in [1.29, 1.82) is 0 Å². The van der Waals surface area contributed by atoms with Gasteiger partial charge in [-0.2, -0.15) is 0 Å². The van der Waals surface area contributed by atoms with Gasteiger partial charge in [0.15, 0.2) is 0 Å². The Kier molecular flexibility index (Phi) is 4.66. The highest BCUT2D eigenvalue weighted by molar-refractivity contribution is 7.96. The summed E-state index contributed by atoms with van der Waals surface area (Å²) in [5, 5.41) is 1.96. The summed E-state index contributed by atoms with van der Waals surface area (Å²) in [5.41, 5.74) is 0. The van der Waals surface area contributed by atoms with Crippen molar-refractivity contribution < 1.29 is 17.9 Å². The normalized spacial score (nSPS) is 10.0. The molecule has 0 aromatic heterocycles. The molecule has 0 spiro atoms. The summed E-state index contributed by atoms with van der Waals surface area (Å²) in [6, 6.07) is 0. The highest BCUT2D eigenvalue weighted by Crippen LogP contribution is 1.86. The molecule has 0 fully saturated rings. The van der Waals surface area contributed by atoms with Gasteiger partial charge >= 0.3 is 0 Å². The first kappa shape index (κ1) is 10.3. The molecule has 0 radical (unpaired) electrons. The summed E-state index contributed by atoms with van der Waals surface area (Å²) < 4.78 is 30.5. The first-order valence-electron chi connectivity index (χ1n) is 2.89. The average Bonchev–Trinajstić information content (AvgIpc) is 1.97. The molecule has 0 atom stereocenters. The molecule has 0 saturated heterocycles. The van der Waals surface area contributed by atoms with Crippen LogP contribution in [0.25, 0.3) is 0 Å². The summed E-state index contributed by atoms with van der Waals surface area (Å²) >= 11 is 0. The van der Waals surface area contributed by atoms with Gasteiger partial charge in [-0.25, -0.2) is 8.42 Å². The fourth-order valence-electron chi connectivity index (χ4n) is 0.349. The van der Waals surface area contributed by atoms with E-state index in [9.17, 15) is 8.42 Å². The minimum atomic E-state index is -3.32. The van der Waals surface area contributed by atoms with Crippen molar-refractivity contribution in [2.24, 2.45) is 0 Å². The number of sulfone groups is 1. The van der Waals surface area contributed by atoms with Gasteiger partial charge < -0.3 is 9.47 Å². The number of hydrogen-bond donors (Lipinski definition) is 0. The van der Waals surface area contributed by atoms with Gasteiger partial charge in [-0.15, -0.1) is 0 Å². The third kappa shape index (κ3) is 5.70. The molecule has 11 heavy (non-hydrogen) atoms. The van der Waals surface area contributed by atoms with Crippen LogP contribution in [0.4, 0.5) is 0 Å². The van der Waals surface area contributed by atoms with Gasteiger partial charge in [-0.3, -0.25) is 0 Å². The largest absolute Gasteiger partial charge is 0.449 e. The number of rotatable bonds is 3. The van der Waals surface area contributed by atoms with Crippen LogP contribution in [0.15, 0.2) is 0 Å². The highest BCUT2D eigenvalue weighted by Gasteiger charge is 2.04. The SMILES string of the molecule is COC#CS(=O)(=O)CCOC. The lowest BCUT2D eigenvalue weighted by Crippen LogP contribution is -2.08. The van der Waals surface area contributed by atoms with Crippen molar-refractivity contribution in [3.8, 4) is 11.4 Å². The first-order valence-corrected chi connectivity index (χ1v) is 4.54. The van der Waals surface area contributed by atoms with Crippen LogP contribution in [0.3, 0.4) is 0 Å². The van der Waals surface area contributed by atoms with Crippen LogP contribution in [-0.4, -0.2) is 35.0 Å². The first-order chi connectivity index (χ1) is 5.12. The molecule has 0 unspecified atom stereocenters. The maximum atomic E-state index is 10.8. The molecule has 0 aromatic carbocycles. The molecule has 0 aliphatic rings. The summed E-state index contributed by atoms with van der Waals surface area (Å²) in [4.78, 5) is 0. The monoisotopic (exact) mass is 178 g/mol. The van der Waals surface area contributed by atoms with Crippen molar-refractivity contribution in [3.63, 3.8) is 0 Å². The van der Waals surface area contributed by atoms with E-state index in [1.807, 2.05) is 11.4 Å². The van der Waals surface area contributed by atoms with Crippen LogP contribution in [0.1, 0.15) is 0 Å². The van der Waals surface area contributed by atoms with Gasteiger partial charge in [-0.05, 0) is 0 Å².